The molecular formula is C15H16F2N2. The van der Waals surface area contributed by atoms with Gasteiger partial charge in [0.25, 0.3) is 0 Å². The van der Waals surface area contributed by atoms with Crippen LogP contribution >= 0.6 is 0 Å². The predicted molar refractivity (Wildman–Crippen MR) is 73.9 cm³/mol. The predicted octanol–water partition coefficient (Wildman–Crippen LogP) is 3.57. The van der Waals surface area contributed by atoms with E-state index in [9.17, 15) is 8.78 Å². The molecule has 0 aliphatic heterocycles. The Labute approximate surface area is 111 Å². The van der Waals surface area contributed by atoms with Crippen LogP contribution in [0.5, 0.6) is 0 Å². The zero-order valence-corrected chi connectivity index (χ0v) is 10.7. The molecule has 0 saturated heterocycles. The van der Waals surface area contributed by atoms with Crippen molar-refractivity contribution in [3.05, 3.63) is 59.7 Å². The normalized spacial score (nSPS) is 10.5. The Morgan fingerprint density at radius 1 is 1.00 bits per heavy atom. The van der Waals surface area contributed by atoms with Crippen LogP contribution in [0.25, 0.3) is 0 Å². The van der Waals surface area contributed by atoms with Crippen molar-refractivity contribution in [2.24, 2.45) is 0 Å². The van der Waals surface area contributed by atoms with E-state index in [0.717, 1.165) is 23.9 Å². The van der Waals surface area contributed by atoms with Crippen LogP contribution < -0.4 is 10.6 Å². The summed E-state index contributed by atoms with van der Waals surface area (Å²) in [4.78, 5) is 2.06. The van der Waals surface area contributed by atoms with Gasteiger partial charge < -0.3 is 10.6 Å². The molecule has 0 aliphatic carbocycles. The molecule has 4 heteroatoms. The second-order valence-electron chi connectivity index (χ2n) is 4.35. The number of benzene rings is 2. The van der Waals surface area contributed by atoms with Gasteiger partial charge in [0.05, 0.1) is 0 Å². The Hall–Kier alpha value is -2.10. The zero-order chi connectivity index (χ0) is 13.8. The summed E-state index contributed by atoms with van der Waals surface area (Å²) in [5.41, 5.74) is 8.08. The van der Waals surface area contributed by atoms with Crippen LogP contribution in [0.3, 0.4) is 0 Å². The molecule has 0 amide bonds. The monoisotopic (exact) mass is 262 g/mol. The first-order chi connectivity index (χ1) is 9.10. The summed E-state index contributed by atoms with van der Waals surface area (Å²) in [5.74, 6) is -1.63. The average Bonchev–Trinajstić information content (AvgIpc) is 2.41. The molecule has 0 atom stereocenters. The van der Waals surface area contributed by atoms with Crippen molar-refractivity contribution in [2.45, 2.75) is 13.5 Å². The van der Waals surface area contributed by atoms with E-state index in [-0.39, 0.29) is 0 Å². The maximum Gasteiger partial charge on any atom is 0.159 e. The third-order valence-electron chi connectivity index (χ3n) is 3.00. The van der Waals surface area contributed by atoms with E-state index in [1.807, 2.05) is 31.2 Å². The maximum absolute atomic E-state index is 13.2. The molecule has 0 bridgehead atoms. The molecule has 0 heterocycles. The van der Waals surface area contributed by atoms with Gasteiger partial charge in [0.15, 0.2) is 11.6 Å². The quantitative estimate of drug-likeness (QED) is 0.853. The largest absolute Gasteiger partial charge is 0.399 e. The number of halogens is 2. The lowest BCUT2D eigenvalue weighted by molar-refractivity contribution is 0.507. The summed E-state index contributed by atoms with van der Waals surface area (Å²) in [6.07, 6.45) is 0. The van der Waals surface area contributed by atoms with E-state index >= 15 is 0 Å². The second kappa shape index (κ2) is 5.69. The van der Waals surface area contributed by atoms with E-state index in [1.54, 1.807) is 6.07 Å². The lowest BCUT2D eigenvalue weighted by Gasteiger charge is -2.23. The van der Waals surface area contributed by atoms with Gasteiger partial charge in [-0.05, 0) is 48.9 Å². The lowest BCUT2D eigenvalue weighted by Crippen LogP contribution is -2.22. The van der Waals surface area contributed by atoms with Crippen molar-refractivity contribution in [2.75, 3.05) is 17.2 Å². The Kier molecular flexibility index (Phi) is 4.00. The van der Waals surface area contributed by atoms with Gasteiger partial charge in [0.1, 0.15) is 0 Å². The molecule has 2 nitrogen and oxygen atoms in total. The summed E-state index contributed by atoms with van der Waals surface area (Å²) >= 11 is 0. The highest BCUT2D eigenvalue weighted by molar-refractivity contribution is 5.53. The van der Waals surface area contributed by atoms with Crippen LogP contribution in [0.4, 0.5) is 20.2 Å². The molecular weight excluding hydrogens is 246 g/mol. The molecule has 2 aromatic carbocycles. The summed E-state index contributed by atoms with van der Waals surface area (Å²) in [5, 5.41) is 0. The molecule has 0 fully saturated rings. The average molecular weight is 262 g/mol. The maximum atomic E-state index is 13.2. The second-order valence-corrected chi connectivity index (χ2v) is 4.35. The standard InChI is InChI=1S/C15H16F2N2/c1-2-19(13-6-4-12(18)5-7-13)10-11-3-8-14(16)15(17)9-11/h3-9H,2,10,18H2,1H3. The minimum atomic E-state index is -0.820. The van der Waals surface area contributed by atoms with Gasteiger partial charge in [0.2, 0.25) is 0 Å². The van der Waals surface area contributed by atoms with Crippen LogP contribution in [0, 0.1) is 11.6 Å². The fourth-order valence-corrected chi connectivity index (χ4v) is 1.93. The Morgan fingerprint density at radius 2 is 1.68 bits per heavy atom. The van der Waals surface area contributed by atoms with Crippen molar-refractivity contribution in [3.63, 3.8) is 0 Å². The van der Waals surface area contributed by atoms with Gasteiger partial charge in [0, 0.05) is 24.5 Å². The van der Waals surface area contributed by atoms with Crippen LogP contribution in [-0.4, -0.2) is 6.54 Å². The molecule has 0 radical (unpaired) electrons. The number of nitrogen functional groups attached to an aromatic ring is 1. The first kappa shape index (κ1) is 13.3. The molecule has 0 spiro atoms. The molecule has 0 aliphatic rings. The number of hydrogen-bond donors (Lipinski definition) is 1. The molecule has 2 rings (SSSR count). The van der Waals surface area contributed by atoms with E-state index in [1.165, 1.54) is 6.07 Å². The minimum Gasteiger partial charge on any atom is -0.399 e. The van der Waals surface area contributed by atoms with Crippen LogP contribution in [0.2, 0.25) is 0 Å². The van der Waals surface area contributed by atoms with Crippen molar-refractivity contribution in [3.8, 4) is 0 Å². The molecule has 0 saturated carbocycles. The van der Waals surface area contributed by atoms with E-state index < -0.39 is 11.6 Å². The number of rotatable bonds is 4. The van der Waals surface area contributed by atoms with Gasteiger partial charge >= 0.3 is 0 Å². The van der Waals surface area contributed by atoms with Crippen molar-refractivity contribution < 1.29 is 8.78 Å². The van der Waals surface area contributed by atoms with Gasteiger partial charge in [-0.15, -0.1) is 0 Å². The van der Waals surface area contributed by atoms with Crippen molar-refractivity contribution in [1.82, 2.24) is 0 Å². The smallest absolute Gasteiger partial charge is 0.159 e. The lowest BCUT2D eigenvalue weighted by atomic mass is 10.2. The number of hydrogen-bond acceptors (Lipinski definition) is 2. The highest BCUT2D eigenvalue weighted by Gasteiger charge is 2.08. The molecule has 100 valence electrons. The van der Waals surface area contributed by atoms with Gasteiger partial charge in [-0.2, -0.15) is 0 Å². The Morgan fingerprint density at radius 3 is 2.26 bits per heavy atom. The summed E-state index contributed by atoms with van der Waals surface area (Å²) in [6, 6.07) is 11.5. The van der Waals surface area contributed by atoms with E-state index in [0.29, 0.717) is 12.2 Å². The Balaban J connectivity index is 2.18. The first-order valence-corrected chi connectivity index (χ1v) is 6.14. The molecule has 2 aromatic rings. The number of anilines is 2. The van der Waals surface area contributed by atoms with Gasteiger partial charge in [-0.1, -0.05) is 6.07 Å². The van der Waals surface area contributed by atoms with Crippen molar-refractivity contribution in [1.29, 1.82) is 0 Å². The molecule has 2 N–H and O–H groups in total. The summed E-state index contributed by atoms with van der Waals surface area (Å²) in [7, 11) is 0. The fraction of sp³-hybridized carbons (Fsp3) is 0.200. The van der Waals surface area contributed by atoms with E-state index in [2.05, 4.69) is 4.90 Å². The third-order valence-corrected chi connectivity index (χ3v) is 3.00. The van der Waals surface area contributed by atoms with Crippen LogP contribution in [0.1, 0.15) is 12.5 Å². The van der Waals surface area contributed by atoms with Crippen molar-refractivity contribution >= 4 is 11.4 Å². The Bertz CT molecular complexity index is 553. The van der Waals surface area contributed by atoms with Crippen LogP contribution in [-0.2, 0) is 6.54 Å². The first-order valence-electron chi connectivity index (χ1n) is 6.14. The third kappa shape index (κ3) is 3.22. The van der Waals surface area contributed by atoms with Gasteiger partial charge in [-0.25, -0.2) is 8.78 Å². The van der Waals surface area contributed by atoms with Gasteiger partial charge in [-0.3, -0.25) is 0 Å². The topological polar surface area (TPSA) is 29.3 Å². The molecule has 0 aromatic heterocycles. The fourth-order valence-electron chi connectivity index (χ4n) is 1.93. The zero-order valence-electron chi connectivity index (χ0n) is 10.7. The highest BCUT2D eigenvalue weighted by Crippen LogP contribution is 2.19. The minimum absolute atomic E-state index is 0.525. The summed E-state index contributed by atoms with van der Waals surface area (Å²) in [6.45, 7) is 3.30. The number of nitrogens with zero attached hydrogens (tertiary/aromatic N) is 1. The molecule has 0 unspecified atom stereocenters. The summed E-state index contributed by atoms with van der Waals surface area (Å²) < 4.78 is 26.1. The highest BCUT2D eigenvalue weighted by atomic mass is 19.2. The number of nitrogens with two attached hydrogens (primary N) is 1. The SMILES string of the molecule is CCN(Cc1ccc(F)c(F)c1)c1ccc(N)cc1. The van der Waals surface area contributed by atoms with Crippen LogP contribution in [0.15, 0.2) is 42.5 Å². The van der Waals surface area contributed by atoms with E-state index in [4.69, 9.17) is 5.73 Å². The molecule has 19 heavy (non-hydrogen) atoms.